The van der Waals surface area contributed by atoms with Gasteiger partial charge >= 0.3 is 5.97 Å². The zero-order valence-electron chi connectivity index (χ0n) is 13.6. The first-order valence-electron chi connectivity index (χ1n) is 6.73. The predicted molar refractivity (Wildman–Crippen MR) is 83.9 cm³/mol. The topological polar surface area (TPSA) is 175 Å². The third-order valence-corrected chi connectivity index (χ3v) is 2.92. The van der Waals surface area contributed by atoms with E-state index in [1.54, 1.807) is 0 Å². The molecule has 0 saturated carbocycles. The molecule has 0 amide bonds. The molecule has 2 rings (SSSR count). The zero-order chi connectivity index (χ0) is 19.9. The summed E-state index contributed by atoms with van der Waals surface area (Å²) in [4.78, 5) is 29.8. The summed E-state index contributed by atoms with van der Waals surface area (Å²) >= 11 is 0. The summed E-state index contributed by atoms with van der Waals surface area (Å²) in [6.07, 6.45) is 3.03. The largest absolute Gasteiger partial charge is 0.868 e. The molecule has 12 heteroatoms. The van der Waals surface area contributed by atoms with E-state index >= 15 is 0 Å². The van der Waals surface area contributed by atoms with Gasteiger partial charge in [-0.05, 0) is 5.75 Å². The molecule has 12 nitrogen and oxygen atoms in total. The van der Waals surface area contributed by atoms with E-state index in [1.807, 2.05) is 0 Å². The van der Waals surface area contributed by atoms with Gasteiger partial charge in [0.2, 0.25) is 6.20 Å². The summed E-state index contributed by atoms with van der Waals surface area (Å²) in [7, 11) is 2.77. The number of esters is 1. The van der Waals surface area contributed by atoms with Crippen molar-refractivity contribution in [1.29, 1.82) is 0 Å². The van der Waals surface area contributed by atoms with Crippen molar-refractivity contribution in [3.05, 3.63) is 62.5 Å². The number of benzene rings is 1. The maximum absolute atomic E-state index is 11.2. The Labute approximate surface area is 146 Å². The normalized spacial score (nSPS) is 9.46. The molecule has 0 aliphatic heterocycles. The number of pyridine rings is 1. The van der Waals surface area contributed by atoms with E-state index in [0.717, 1.165) is 12.1 Å². The number of methoxy groups -OCH3 is 2. The second-order valence-electron chi connectivity index (χ2n) is 4.53. The van der Waals surface area contributed by atoms with Crippen LogP contribution < -0.4 is 20.4 Å². The molecule has 0 fully saturated rings. The summed E-state index contributed by atoms with van der Waals surface area (Å²) in [6, 6.07) is 3.90. The number of nitro groups is 2. The maximum Gasteiger partial charge on any atom is 0.342 e. The maximum atomic E-state index is 11.2. The minimum absolute atomic E-state index is 0.353. The number of nitro benzene ring substituents is 2. The molecule has 0 atom stereocenters. The van der Waals surface area contributed by atoms with Gasteiger partial charge in [-0.3, -0.25) is 20.2 Å². The lowest BCUT2D eigenvalue weighted by atomic mass is 10.2. The Bertz CT molecular complexity index is 840. The molecule has 1 aromatic heterocycles. The molecule has 1 aromatic carbocycles. The number of ether oxygens (including phenoxy) is 2. The van der Waals surface area contributed by atoms with Crippen LogP contribution in [-0.2, 0) is 4.74 Å². The van der Waals surface area contributed by atoms with E-state index in [1.165, 1.54) is 37.4 Å². The van der Waals surface area contributed by atoms with Crippen molar-refractivity contribution in [3.8, 4) is 11.5 Å². The van der Waals surface area contributed by atoms with Crippen molar-refractivity contribution in [2.75, 3.05) is 20.1 Å². The highest BCUT2D eigenvalue weighted by atomic mass is 16.6. The highest BCUT2D eigenvalue weighted by molar-refractivity contribution is 5.91. The van der Waals surface area contributed by atoms with Gasteiger partial charge in [0.15, 0.2) is 11.9 Å². The van der Waals surface area contributed by atoms with Crippen LogP contribution >= 0.6 is 0 Å². The number of hydrogen-bond donors (Lipinski definition) is 1. The number of nitrogens with two attached hydrogens (primary N) is 1. The van der Waals surface area contributed by atoms with Gasteiger partial charge in [-0.1, -0.05) is 10.7 Å². The smallest absolute Gasteiger partial charge is 0.342 e. The molecular formula is C14H14N4O8. The Morgan fingerprint density at radius 1 is 1.15 bits per heavy atom. The Morgan fingerprint density at radius 2 is 1.81 bits per heavy atom. The highest BCUT2D eigenvalue weighted by Crippen LogP contribution is 2.27. The van der Waals surface area contributed by atoms with Gasteiger partial charge in [-0.15, -0.1) is 0 Å². The lowest BCUT2D eigenvalue weighted by molar-refractivity contribution is -0.639. The van der Waals surface area contributed by atoms with Crippen LogP contribution in [0, 0.1) is 20.2 Å². The minimum atomic E-state index is -0.949. The molecule has 26 heavy (non-hydrogen) atoms. The van der Waals surface area contributed by atoms with E-state index < -0.39 is 32.9 Å². The van der Waals surface area contributed by atoms with Crippen molar-refractivity contribution in [2.45, 2.75) is 0 Å². The van der Waals surface area contributed by atoms with Gasteiger partial charge in [-0.25, -0.2) is 10.6 Å². The standard InChI is InChI=1S/C8H10N2O3.C6H4N2O5/c1-12-7-5-10(9)4-3-6(7)8(11)13-2;9-6-2-1-4(7(10)11)3-5(6)8(12)13/h3-5H,1-2H3,(H-,9,11);1-3,9H. The van der Waals surface area contributed by atoms with Crippen molar-refractivity contribution < 1.29 is 33.9 Å². The summed E-state index contributed by atoms with van der Waals surface area (Å²) in [6.45, 7) is 0. The molecule has 0 spiro atoms. The first-order valence-corrected chi connectivity index (χ1v) is 6.73. The van der Waals surface area contributed by atoms with Crippen LogP contribution in [-0.4, -0.2) is 30.0 Å². The first kappa shape index (κ1) is 20.1. The summed E-state index contributed by atoms with van der Waals surface area (Å²) in [5.41, 5.74) is -0.896. The van der Waals surface area contributed by atoms with Crippen molar-refractivity contribution in [3.63, 3.8) is 0 Å². The quantitative estimate of drug-likeness (QED) is 0.258. The molecule has 0 radical (unpaired) electrons. The van der Waals surface area contributed by atoms with Gasteiger partial charge in [-0.2, -0.15) is 0 Å². The van der Waals surface area contributed by atoms with Crippen LogP contribution in [0.15, 0.2) is 36.7 Å². The summed E-state index contributed by atoms with van der Waals surface area (Å²) in [5, 5.41) is 31.1. The number of nitrogens with zero attached hydrogens (tertiary/aromatic N) is 3. The Hall–Kier alpha value is -3.96. The predicted octanol–water partition coefficient (Wildman–Crippen LogP) is 0.0597. The minimum Gasteiger partial charge on any atom is -0.868 e. The van der Waals surface area contributed by atoms with E-state index in [4.69, 9.17) is 10.6 Å². The SMILES string of the molecule is COC(=O)c1cc[n+](N)cc1OC.O=[N+]([O-])c1ccc([O-])c([N+](=O)[O-])c1. The molecule has 0 aliphatic carbocycles. The second-order valence-corrected chi connectivity index (χ2v) is 4.53. The molecule has 2 N–H and O–H groups in total. The van der Waals surface area contributed by atoms with Crippen LogP contribution in [0.25, 0.3) is 0 Å². The lowest BCUT2D eigenvalue weighted by Crippen LogP contribution is -2.43. The molecule has 1 heterocycles. The molecule has 2 aromatic rings. The third-order valence-electron chi connectivity index (χ3n) is 2.92. The fourth-order valence-electron chi connectivity index (χ4n) is 1.69. The Morgan fingerprint density at radius 3 is 2.31 bits per heavy atom. The third kappa shape index (κ3) is 5.02. The van der Waals surface area contributed by atoms with Crippen LogP contribution in [0.1, 0.15) is 10.4 Å². The van der Waals surface area contributed by atoms with E-state index in [2.05, 4.69) is 4.74 Å². The molecule has 138 valence electrons. The van der Waals surface area contributed by atoms with Crippen LogP contribution in [0.5, 0.6) is 11.5 Å². The molecule has 0 bridgehead atoms. The molecular weight excluding hydrogens is 352 g/mol. The number of rotatable bonds is 4. The fraction of sp³-hybridized carbons (Fsp3) is 0.143. The lowest BCUT2D eigenvalue weighted by Gasteiger charge is -2.03. The average Bonchev–Trinajstić information content (AvgIpc) is 2.61. The van der Waals surface area contributed by atoms with E-state index in [0.29, 0.717) is 17.4 Å². The van der Waals surface area contributed by atoms with Crippen molar-refractivity contribution in [1.82, 2.24) is 0 Å². The number of aromatic nitrogens is 1. The highest BCUT2D eigenvalue weighted by Gasteiger charge is 2.16. The summed E-state index contributed by atoms with van der Waals surface area (Å²) in [5.74, 6) is 4.53. The van der Waals surface area contributed by atoms with Gasteiger partial charge in [0.05, 0.1) is 30.1 Å². The first-order chi connectivity index (χ1) is 12.2. The summed E-state index contributed by atoms with van der Waals surface area (Å²) < 4.78 is 10.8. The number of non-ortho nitro benzene ring substituents is 1. The van der Waals surface area contributed by atoms with Gasteiger partial charge in [0, 0.05) is 12.1 Å². The molecule has 0 aliphatic rings. The molecule has 0 saturated heterocycles. The molecule has 0 unspecified atom stereocenters. The number of nitrogen functional groups attached to an aromatic ring is 1. The number of carbonyl (C=O) groups excluding carboxylic acids is 1. The Kier molecular flexibility index (Phi) is 6.77. The zero-order valence-corrected chi connectivity index (χ0v) is 13.6. The van der Waals surface area contributed by atoms with Crippen LogP contribution in [0.4, 0.5) is 11.4 Å². The van der Waals surface area contributed by atoms with Gasteiger partial charge in [0.25, 0.3) is 11.4 Å². The van der Waals surface area contributed by atoms with Crippen molar-refractivity contribution >= 4 is 17.3 Å². The fourth-order valence-corrected chi connectivity index (χ4v) is 1.69. The van der Waals surface area contributed by atoms with E-state index in [-0.39, 0.29) is 0 Å². The van der Waals surface area contributed by atoms with Gasteiger partial charge in [0.1, 0.15) is 5.56 Å². The average molecular weight is 366 g/mol. The van der Waals surface area contributed by atoms with Crippen LogP contribution in [0.2, 0.25) is 0 Å². The van der Waals surface area contributed by atoms with Crippen LogP contribution in [0.3, 0.4) is 0 Å². The monoisotopic (exact) mass is 366 g/mol. The Balaban J connectivity index is 0.000000260. The van der Waals surface area contributed by atoms with Gasteiger partial charge < -0.3 is 14.6 Å². The second kappa shape index (κ2) is 8.77. The number of hydrogen-bond acceptors (Lipinski definition) is 9. The number of carbonyl (C=O) groups is 1. The van der Waals surface area contributed by atoms with E-state index in [9.17, 15) is 30.1 Å². The van der Waals surface area contributed by atoms with Crippen molar-refractivity contribution in [2.24, 2.45) is 0 Å².